The second-order valence-electron chi connectivity index (χ2n) is 8.67. The number of nitrogen functional groups attached to an aromatic ring is 1. The molecule has 11 nitrogen and oxygen atoms in total. The first-order valence-corrected chi connectivity index (χ1v) is 12.3. The number of rotatable bonds is 6. The van der Waals surface area contributed by atoms with E-state index in [0.717, 1.165) is 57.8 Å². The number of hydrogen-bond donors (Lipinski definition) is 4. The molecule has 1 aliphatic heterocycles. The monoisotopic (exact) mass is 500 g/mol. The maximum Gasteiger partial charge on any atom is 0.153 e. The minimum Gasteiger partial charge on any atom is -0.383 e. The van der Waals surface area contributed by atoms with E-state index in [1.807, 2.05) is 36.1 Å². The van der Waals surface area contributed by atoms with E-state index < -0.39 is 0 Å². The number of aryl methyl sites for hydroxylation is 2. The lowest BCUT2D eigenvalue weighted by Crippen LogP contribution is -2.08. The molecule has 0 spiro atoms. The van der Waals surface area contributed by atoms with Crippen LogP contribution < -0.4 is 15.8 Å². The molecule has 6 rings (SSSR count). The highest BCUT2D eigenvalue weighted by Gasteiger charge is 2.17. The molecule has 0 aromatic carbocycles. The van der Waals surface area contributed by atoms with E-state index in [9.17, 15) is 4.21 Å². The molecule has 6 heterocycles. The van der Waals surface area contributed by atoms with Crippen molar-refractivity contribution in [2.24, 2.45) is 0 Å². The van der Waals surface area contributed by atoms with Crippen molar-refractivity contribution >= 4 is 40.1 Å². The van der Waals surface area contributed by atoms with Gasteiger partial charge in [0.05, 0.1) is 24.1 Å². The van der Waals surface area contributed by atoms with Crippen molar-refractivity contribution in [3.63, 3.8) is 0 Å². The summed E-state index contributed by atoms with van der Waals surface area (Å²) < 4.78 is 17.8. The molecule has 0 bridgehead atoms. The second kappa shape index (κ2) is 9.13. The third-order valence-corrected chi connectivity index (χ3v) is 6.78. The lowest BCUT2D eigenvalue weighted by molar-refractivity contribution is 0.641. The van der Waals surface area contributed by atoms with Gasteiger partial charge in [-0.2, -0.15) is 5.10 Å². The molecule has 182 valence electrons. The van der Waals surface area contributed by atoms with E-state index in [-0.39, 0.29) is 11.9 Å². The fraction of sp³-hybridized carbons (Fsp3) is 0.208. The number of fused-ring (bicyclic) bond motifs is 3. The van der Waals surface area contributed by atoms with Gasteiger partial charge < -0.3 is 15.6 Å². The van der Waals surface area contributed by atoms with E-state index in [2.05, 4.69) is 40.6 Å². The first kappa shape index (κ1) is 22.3. The number of nitrogens with zero attached hydrogens (tertiary/aromatic N) is 7. The normalized spacial score (nSPS) is 12.8. The number of pyridine rings is 3. The van der Waals surface area contributed by atoms with Crippen LogP contribution in [0.5, 0.6) is 0 Å². The smallest absolute Gasteiger partial charge is 0.153 e. The summed E-state index contributed by atoms with van der Waals surface area (Å²) in [6.07, 6.45) is 9.96. The van der Waals surface area contributed by atoms with E-state index >= 15 is 0 Å². The number of anilines is 3. The molecule has 4 N–H and O–H groups in total. The van der Waals surface area contributed by atoms with Gasteiger partial charge in [-0.3, -0.25) is 9.67 Å². The zero-order valence-corrected chi connectivity index (χ0v) is 20.4. The van der Waals surface area contributed by atoms with E-state index in [1.54, 1.807) is 18.6 Å². The Kier molecular flexibility index (Phi) is 5.66. The first-order chi connectivity index (χ1) is 17.6. The number of imidazole rings is 1. The number of nitrogens with one attached hydrogen (secondary N) is 2. The summed E-state index contributed by atoms with van der Waals surface area (Å²) in [6, 6.07) is 5.98. The Morgan fingerprint density at radius 1 is 1.14 bits per heavy atom. The van der Waals surface area contributed by atoms with Crippen LogP contribution in [0.1, 0.15) is 22.6 Å². The molecule has 5 aromatic rings. The third-order valence-electron chi connectivity index (χ3n) is 6.50. The SMILES string of the molecule is Cc1c(CN[SH]=O)cncc1-c1cc2cc(Nc3cc4n(n3)Cc3nccn3CC4)ncc2c(N)n1. The molecule has 0 unspecified atom stereocenters. The predicted molar refractivity (Wildman–Crippen MR) is 139 cm³/mol. The Balaban J connectivity index is 1.31. The summed E-state index contributed by atoms with van der Waals surface area (Å²) in [7, 11) is 0. The van der Waals surface area contributed by atoms with Crippen molar-refractivity contribution in [2.45, 2.75) is 33.0 Å². The van der Waals surface area contributed by atoms with Crippen LogP contribution in [0.15, 0.2) is 49.2 Å². The van der Waals surface area contributed by atoms with E-state index in [0.29, 0.717) is 30.4 Å². The Morgan fingerprint density at radius 3 is 2.94 bits per heavy atom. The Labute approximate surface area is 210 Å². The van der Waals surface area contributed by atoms with Gasteiger partial charge in [0.15, 0.2) is 5.82 Å². The molecule has 0 atom stereocenters. The average Bonchev–Trinajstić information content (AvgIpc) is 3.44. The number of thiol groups is 1. The van der Waals surface area contributed by atoms with Crippen molar-refractivity contribution in [1.29, 1.82) is 0 Å². The Hall–Kier alpha value is -4.16. The van der Waals surface area contributed by atoms with E-state index in [4.69, 9.17) is 10.8 Å². The van der Waals surface area contributed by atoms with Gasteiger partial charge in [-0.25, -0.2) is 23.9 Å². The molecule has 0 amide bonds. The Bertz CT molecular complexity index is 1610. The highest BCUT2D eigenvalue weighted by atomic mass is 32.2. The first-order valence-electron chi connectivity index (χ1n) is 11.5. The van der Waals surface area contributed by atoms with Crippen molar-refractivity contribution in [1.82, 2.24) is 39.0 Å². The minimum atomic E-state index is -0.122. The fourth-order valence-corrected chi connectivity index (χ4v) is 4.79. The highest BCUT2D eigenvalue weighted by Crippen LogP contribution is 2.30. The molecule has 36 heavy (non-hydrogen) atoms. The van der Waals surface area contributed by atoms with Crippen LogP contribution in [-0.2, 0) is 37.9 Å². The summed E-state index contributed by atoms with van der Waals surface area (Å²) in [5.41, 5.74) is 11.0. The van der Waals surface area contributed by atoms with Crippen molar-refractivity contribution in [2.75, 3.05) is 11.1 Å². The molecule has 0 fully saturated rings. The van der Waals surface area contributed by atoms with Crippen LogP contribution in [0.25, 0.3) is 22.0 Å². The highest BCUT2D eigenvalue weighted by molar-refractivity contribution is 7.63. The lowest BCUT2D eigenvalue weighted by Gasteiger charge is -2.12. The van der Waals surface area contributed by atoms with Gasteiger partial charge in [-0.1, -0.05) is 0 Å². The second-order valence-corrected chi connectivity index (χ2v) is 9.17. The zero-order chi connectivity index (χ0) is 24.6. The molecule has 5 aromatic heterocycles. The summed E-state index contributed by atoms with van der Waals surface area (Å²) >= 11 is -0.122. The molecule has 0 saturated heterocycles. The largest absolute Gasteiger partial charge is 0.383 e. The predicted octanol–water partition coefficient (Wildman–Crippen LogP) is 2.27. The van der Waals surface area contributed by atoms with Crippen LogP contribution in [0.4, 0.5) is 17.5 Å². The lowest BCUT2D eigenvalue weighted by atomic mass is 10.0. The summed E-state index contributed by atoms with van der Waals surface area (Å²) in [6.45, 7) is 3.95. The minimum absolute atomic E-state index is 0.122. The van der Waals surface area contributed by atoms with Gasteiger partial charge in [0.2, 0.25) is 0 Å². The fourth-order valence-electron chi connectivity index (χ4n) is 4.55. The van der Waals surface area contributed by atoms with Crippen LogP contribution in [-0.4, -0.2) is 38.5 Å². The van der Waals surface area contributed by atoms with Crippen LogP contribution >= 0.6 is 0 Å². The van der Waals surface area contributed by atoms with Crippen LogP contribution in [0, 0.1) is 6.92 Å². The quantitative estimate of drug-likeness (QED) is 0.260. The molecule has 0 aliphatic carbocycles. The number of nitrogens with two attached hydrogens (primary N) is 1. The summed E-state index contributed by atoms with van der Waals surface area (Å²) in [5.74, 6) is 2.79. The van der Waals surface area contributed by atoms with Gasteiger partial charge in [0, 0.05) is 73.2 Å². The maximum absolute atomic E-state index is 10.8. The summed E-state index contributed by atoms with van der Waals surface area (Å²) in [4.78, 5) is 17.9. The molecule has 0 saturated carbocycles. The van der Waals surface area contributed by atoms with Crippen molar-refractivity contribution in [3.05, 3.63) is 71.8 Å². The van der Waals surface area contributed by atoms with Crippen molar-refractivity contribution in [3.8, 4) is 11.3 Å². The average molecular weight is 501 g/mol. The topological polar surface area (TPSA) is 141 Å². The standard InChI is InChI=1S/C24H24N10OS/c1-14-16(10-29-36-35)9-26-11-18(14)20-6-15-7-21(28-12-19(15)24(25)30-20)31-22-8-17-2-4-33-5-3-27-23(33)13-34(17)32-22/h3,5-9,11-12,36H,2,4,10,13H2,1H3,(H2,25,30)(H,29,35)(H,28,31,32). The summed E-state index contributed by atoms with van der Waals surface area (Å²) in [5, 5.41) is 9.73. The number of aromatic nitrogens is 7. The maximum atomic E-state index is 10.8. The third kappa shape index (κ3) is 4.10. The molecular weight excluding hydrogens is 476 g/mol. The van der Waals surface area contributed by atoms with Gasteiger partial charge in [-0.15, -0.1) is 0 Å². The number of hydrogen-bond acceptors (Lipinski definition) is 8. The van der Waals surface area contributed by atoms with Crippen LogP contribution in [0.3, 0.4) is 0 Å². The molecule has 0 radical (unpaired) electrons. The van der Waals surface area contributed by atoms with Gasteiger partial charge >= 0.3 is 0 Å². The van der Waals surface area contributed by atoms with Gasteiger partial charge in [-0.05, 0) is 35.6 Å². The molecule has 1 aliphatic rings. The van der Waals surface area contributed by atoms with E-state index in [1.165, 1.54) is 0 Å². The van der Waals surface area contributed by atoms with Gasteiger partial charge in [0.1, 0.15) is 17.5 Å². The van der Waals surface area contributed by atoms with Crippen molar-refractivity contribution < 1.29 is 4.21 Å². The van der Waals surface area contributed by atoms with Crippen LogP contribution in [0.2, 0.25) is 0 Å². The van der Waals surface area contributed by atoms with Gasteiger partial charge in [0.25, 0.3) is 0 Å². The Morgan fingerprint density at radius 2 is 2.06 bits per heavy atom. The zero-order valence-electron chi connectivity index (χ0n) is 19.5. The molecule has 12 heteroatoms. The molecular formula is C24H24N10OS.